The highest BCUT2D eigenvalue weighted by molar-refractivity contribution is 7.18. The first-order valence-corrected chi connectivity index (χ1v) is 7.19. The van der Waals surface area contributed by atoms with Crippen LogP contribution >= 0.6 is 22.9 Å². The lowest BCUT2D eigenvalue weighted by Crippen LogP contribution is -2.30. The Bertz CT molecular complexity index is 582. The van der Waals surface area contributed by atoms with Gasteiger partial charge in [0.25, 0.3) is 0 Å². The number of anilines is 1. The second kappa shape index (κ2) is 4.64. The smallest absolute Gasteiger partial charge is 0.225 e. The van der Waals surface area contributed by atoms with Crippen LogP contribution in [0.2, 0.25) is 5.28 Å². The van der Waals surface area contributed by atoms with Crippen molar-refractivity contribution in [2.75, 3.05) is 18.1 Å². The van der Waals surface area contributed by atoms with E-state index in [1.54, 1.807) is 11.3 Å². The summed E-state index contributed by atoms with van der Waals surface area (Å²) >= 11 is 7.62. The van der Waals surface area contributed by atoms with Crippen molar-refractivity contribution in [1.82, 2.24) is 9.97 Å². The summed E-state index contributed by atoms with van der Waals surface area (Å²) in [5.74, 6) is 0.867. The van der Waals surface area contributed by atoms with E-state index in [9.17, 15) is 5.11 Å². The van der Waals surface area contributed by atoms with Crippen LogP contribution in [0.25, 0.3) is 10.2 Å². The molecule has 0 bridgehead atoms. The van der Waals surface area contributed by atoms with Gasteiger partial charge in [-0.1, -0.05) is 0 Å². The molecule has 0 radical (unpaired) electrons. The highest BCUT2D eigenvalue weighted by Gasteiger charge is 2.31. The predicted octanol–water partition coefficient (Wildman–Crippen LogP) is 2.61. The summed E-state index contributed by atoms with van der Waals surface area (Å²) in [6.45, 7) is 2.78. The number of aryl methyl sites for hydroxylation is 1. The Hall–Kier alpha value is -0.910. The normalized spacial score (nSPS) is 15.3. The Morgan fingerprint density at radius 3 is 2.94 bits per heavy atom. The number of nitrogens with zero attached hydrogens (tertiary/aromatic N) is 3. The third-order valence-electron chi connectivity index (χ3n) is 3.07. The van der Waals surface area contributed by atoms with Gasteiger partial charge in [-0.3, -0.25) is 0 Å². The van der Waals surface area contributed by atoms with Gasteiger partial charge in [0.2, 0.25) is 5.28 Å². The number of fused-ring (bicyclic) bond motifs is 1. The van der Waals surface area contributed by atoms with Crippen LogP contribution in [0, 0.1) is 6.92 Å². The first-order chi connectivity index (χ1) is 8.69. The lowest BCUT2D eigenvalue weighted by atomic mass is 10.3. The van der Waals surface area contributed by atoms with Crippen LogP contribution in [0.1, 0.15) is 17.7 Å². The lowest BCUT2D eigenvalue weighted by molar-refractivity contribution is 0.301. The standard InChI is InChI=1S/C12H14ClN3OS/c1-7-6-9-10(14-12(13)15-11(9)18-7)16(4-5-17)8-2-3-8/h6,8,17H,2-5H2,1H3. The second-order valence-corrected chi connectivity index (χ2v) is 6.11. The average molecular weight is 284 g/mol. The van der Waals surface area contributed by atoms with Crippen molar-refractivity contribution < 1.29 is 5.11 Å². The van der Waals surface area contributed by atoms with Crippen LogP contribution in [0.15, 0.2) is 6.07 Å². The first-order valence-electron chi connectivity index (χ1n) is 6.00. The molecule has 1 fully saturated rings. The van der Waals surface area contributed by atoms with Crippen LogP contribution < -0.4 is 4.90 Å². The van der Waals surface area contributed by atoms with E-state index in [0.29, 0.717) is 12.6 Å². The van der Waals surface area contributed by atoms with E-state index < -0.39 is 0 Å². The molecule has 1 saturated carbocycles. The third-order valence-corrected chi connectivity index (χ3v) is 4.18. The van der Waals surface area contributed by atoms with Gasteiger partial charge in [-0.15, -0.1) is 11.3 Å². The van der Waals surface area contributed by atoms with Gasteiger partial charge >= 0.3 is 0 Å². The number of aromatic nitrogens is 2. The molecule has 0 aromatic carbocycles. The first kappa shape index (κ1) is 12.1. The molecule has 0 unspecified atom stereocenters. The van der Waals surface area contributed by atoms with E-state index in [1.165, 1.54) is 4.88 Å². The highest BCUT2D eigenvalue weighted by Crippen LogP contribution is 2.37. The number of aliphatic hydroxyl groups is 1. The fraction of sp³-hybridized carbons (Fsp3) is 0.500. The van der Waals surface area contributed by atoms with Crippen LogP contribution in [-0.4, -0.2) is 34.3 Å². The van der Waals surface area contributed by atoms with Gasteiger partial charge in [0.05, 0.1) is 12.0 Å². The molecule has 3 rings (SSSR count). The summed E-state index contributed by atoms with van der Waals surface area (Å²) in [5, 5.41) is 10.5. The largest absolute Gasteiger partial charge is 0.395 e. The molecule has 1 aliphatic rings. The highest BCUT2D eigenvalue weighted by atomic mass is 35.5. The number of hydrogen-bond donors (Lipinski definition) is 1. The summed E-state index contributed by atoms with van der Waals surface area (Å²) in [6.07, 6.45) is 2.32. The van der Waals surface area contributed by atoms with E-state index >= 15 is 0 Å². The van der Waals surface area contributed by atoms with Crippen LogP contribution in [-0.2, 0) is 0 Å². The van der Waals surface area contributed by atoms with E-state index in [1.807, 2.05) is 0 Å². The van der Waals surface area contributed by atoms with Crippen LogP contribution in [0.5, 0.6) is 0 Å². The summed E-state index contributed by atoms with van der Waals surface area (Å²) in [6, 6.07) is 2.59. The van der Waals surface area contributed by atoms with Crippen LogP contribution in [0.4, 0.5) is 5.82 Å². The third kappa shape index (κ3) is 2.18. The van der Waals surface area contributed by atoms with Gasteiger partial charge in [-0.05, 0) is 37.4 Å². The van der Waals surface area contributed by atoms with Crippen molar-refractivity contribution in [3.8, 4) is 0 Å². The maximum absolute atomic E-state index is 9.21. The number of thiophene rings is 1. The summed E-state index contributed by atoms with van der Waals surface area (Å²) in [7, 11) is 0. The van der Waals surface area contributed by atoms with Gasteiger partial charge < -0.3 is 10.0 Å². The molecular weight excluding hydrogens is 270 g/mol. The van der Waals surface area contributed by atoms with Gasteiger partial charge in [-0.25, -0.2) is 4.98 Å². The molecule has 2 aromatic heterocycles. The molecule has 0 amide bonds. The zero-order chi connectivity index (χ0) is 12.7. The average Bonchev–Trinajstić information content (AvgIpc) is 3.08. The predicted molar refractivity (Wildman–Crippen MR) is 74.6 cm³/mol. The lowest BCUT2D eigenvalue weighted by Gasteiger charge is -2.23. The Balaban J connectivity index is 2.12. The molecule has 96 valence electrons. The molecule has 18 heavy (non-hydrogen) atoms. The molecule has 0 saturated heterocycles. The Morgan fingerprint density at radius 2 is 2.28 bits per heavy atom. The van der Waals surface area contributed by atoms with E-state index in [0.717, 1.165) is 28.9 Å². The fourth-order valence-electron chi connectivity index (χ4n) is 2.18. The molecule has 0 atom stereocenters. The topological polar surface area (TPSA) is 49.2 Å². The van der Waals surface area contributed by atoms with Crippen molar-refractivity contribution in [3.05, 3.63) is 16.2 Å². The van der Waals surface area contributed by atoms with E-state index in [2.05, 4.69) is 27.9 Å². The minimum absolute atomic E-state index is 0.128. The SMILES string of the molecule is Cc1cc2c(N(CCO)C3CC3)nc(Cl)nc2s1. The van der Waals surface area contributed by atoms with Gasteiger partial charge in [0, 0.05) is 17.5 Å². The monoisotopic (exact) mass is 283 g/mol. The second-order valence-electron chi connectivity index (χ2n) is 4.54. The van der Waals surface area contributed by atoms with E-state index in [4.69, 9.17) is 11.6 Å². The Morgan fingerprint density at radius 1 is 1.50 bits per heavy atom. The summed E-state index contributed by atoms with van der Waals surface area (Å²) < 4.78 is 0. The molecule has 4 nitrogen and oxygen atoms in total. The maximum Gasteiger partial charge on any atom is 0.225 e. The molecule has 0 spiro atoms. The van der Waals surface area contributed by atoms with E-state index in [-0.39, 0.29) is 11.9 Å². The zero-order valence-electron chi connectivity index (χ0n) is 10.1. The molecule has 1 aliphatic carbocycles. The van der Waals surface area contributed by atoms with Gasteiger partial charge in [0.1, 0.15) is 10.6 Å². The van der Waals surface area contributed by atoms with Crippen molar-refractivity contribution in [2.45, 2.75) is 25.8 Å². The molecule has 2 heterocycles. The quantitative estimate of drug-likeness (QED) is 0.877. The zero-order valence-corrected chi connectivity index (χ0v) is 11.6. The molecule has 6 heteroatoms. The Kier molecular flexibility index (Phi) is 3.13. The number of hydrogen-bond acceptors (Lipinski definition) is 5. The number of halogens is 1. The number of aliphatic hydroxyl groups excluding tert-OH is 1. The minimum Gasteiger partial charge on any atom is -0.395 e. The van der Waals surface area contributed by atoms with Crippen molar-refractivity contribution in [3.63, 3.8) is 0 Å². The molecular formula is C12H14ClN3OS. The fourth-order valence-corrected chi connectivity index (χ4v) is 3.26. The van der Waals surface area contributed by atoms with Crippen molar-refractivity contribution in [1.29, 1.82) is 0 Å². The Labute approximate surface area is 114 Å². The van der Waals surface area contributed by atoms with Gasteiger partial charge in [-0.2, -0.15) is 4.98 Å². The molecule has 0 aliphatic heterocycles. The summed E-state index contributed by atoms with van der Waals surface area (Å²) in [4.78, 5) is 12.9. The van der Waals surface area contributed by atoms with Crippen molar-refractivity contribution >= 4 is 39.0 Å². The molecule has 2 aromatic rings. The maximum atomic E-state index is 9.21. The van der Waals surface area contributed by atoms with Gasteiger partial charge in [0.15, 0.2) is 0 Å². The van der Waals surface area contributed by atoms with Crippen molar-refractivity contribution in [2.24, 2.45) is 0 Å². The summed E-state index contributed by atoms with van der Waals surface area (Å²) in [5.41, 5.74) is 0. The number of rotatable bonds is 4. The van der Waals surface area contributed by atoms with Crippen LogP contribution in [0.3, 0.4) is 0 Å². The molecule has 1 N–H and O–H groups in total. The minimum atomic E-state index is 0.128.